The van der Waals surface area contributed by atoms with Gasteiger partial charge >= 0.3 is 5.97 Å². The van der Waals surface area contributed by atoms with Crippen molar-refractivity contribution in [2.24, 2.45) is 11.8 Å². The molecule has 0 N–H and O–H groups in total. The molecule has 0 bridgehead atoms. The molecule has 0 aromatic heterocycles. The zero-order chi connectivity index (χ0) is 17.6. The largest absolute Gasteiger partial charge is 0.460 e. The molecule has 1 aromatic carbocycles. The van der Waals surface area contributed by atoms with Crippen molar-refractivity contribution in [1.29, 1.82) is 0 Å². The third-order valence-electron chi connectivity index (χ3n) is 3.99. The fourth-order valence-electron chi connectivity index (χ4n) is 2.64. The van der Waals surface area contributed by atoms with Crippen LogP contribution in [0.3, 0.4) is 0 Å². The Balaban J connectivity index is 1.54. The number of benzene rings is 1. The van der Waals surface area contributed by atoms with Crippen LogP contribution in [0.4, 0.5) is 0 Å². The minimum atomic E-state index is -0.483. The molecule has 132 valence electrons. The van der Waals surface area contributed by atoms with Crippen molar-refractivity contribution < 1.29 is 19.1 Å². The Kier molecular flexibility index (Phi) is 6.55. The monoisotopic (exact) mass is 332 g/mol. The molecule has 1 aliphatic rings. The van der Waals surface area contributed by atoms with Gasteiger partial charge in [0.25, 0.3) is 0 Å². The first-order chi connectivity index (χ1) is 11.4. The molecule has 4 nitrogen and oxygen atoms in total. The zero-order valence-corrected chi connectivity index (χ0v) is 14.9. The third kappa shape index (κ3) is 6.44. The quantitative estimate of drug-likeness (QED) is 0.508. The van der Waals surface area contributed by atoms with Gasteiger partial charge in [0.15, 0.2) is 0 Å². The molecule has 24 heavy (non-hydrogen) atoms. The Morgan fingerprint density at radius 1 is 1.08 bits per heavy atom. The molecule has 0 saturated heterocycles. The van der Waals surface area contributed by atoms with Gasteiger partial charge in [0.2, 0.25) is 0 Å². The number of carbonyl (C=O) groups is 2. The van der Waals surface area contributed by atoms with Crippen LogP contribution in [0.5, 0.6) is 0 Å². The zero-order valence-electron chi connectivity index (χ0n) is 14.9. The number of esters is 1. The minimum Gasteiger partial charge on any atom is -0.460 e. The van der Waals surface area contributed by atoms with E-state index in [0.29, 0.717) is 26.1 Å². The maximum absolute atomic E-state index is 12.1. The van der Waals surface area contributed by atoms with E-state index >= 15 is 0 Å². The van der Waals surface area contributed by atoms with E-state index < -0.39 is 5.60 Å². The number of hydrogen-bond donors (Lipinski definition) is 0. The fraction of sp³-hybridized carbons (Fsp3) is 0.600. The van der Waals surface area contributed by atoms with Crippen molar-refractivity contribution in [3.05, 3.63) is 35.9 Å². The number of Topliss-reactive ketones (excluding diaryl/α,β-unsaturated/α-hetero) is 1. The summed E-state index contributed by atoms with van der Waals surface area (Å²) in [5.74, 6) is -0.378. The Morgan fingerprint density at radius 3 is 2.46 bits per heavy atom. The molecule has 0 spiro atoms. The first kappa shape index (κ1) is 18.7. The van der Waals surface area contributed by atoms with Gasteiger partial charge in [-0.25, -0.2) is 0 Å². The highest BCUT2D eigenvalue weighted by atomic mass is 16.6. The number of unbranched alkanes of at least 4 members (excludes halogenated alkanes) is 1. The molecule has 0 amide bonds. The average molecular weight is 332 g/mol. The summed E-state index contributed by atoms with van der Waals surface area (Å²) < 4.78 is 10.9. The minimum absolute atomic E-state index is 0.120. The lowest BCUT2D eigenvalue weighted by Crippen LogP contribution is -2.25. The van der Waals surface area contributed by atoms with E-state index in [1.807, 2.05) is 51.1 Å². The second kappa shape index (κ2) is 8.43. The summed E-state index contributed by atoms with van der Waals surface area (Å²) in [6.07, 6.45) is 2.85. The van der Waals surface area contributed by atoms with E-state index in [-0.39, 0.29) is 23.6 Å². The molecule has 0 aliphatic heterocycles. The third-order valence-corrected chi connectivity index (χ3v) is 3.99. The van der Waals surface area contributed by atoms with Crippen molar-refractivity contribution >= 4 is 11.8 Å². The molecule has 0 radical (unpaired) electrons. The van der Waals surface area contributed by atoms with Crippen molar-refractivity contribution in [3.63, 3.8) is 0 Å². The van der Waals surface area contributed by atoms with Crippen LogP contribution in [0.2, 0.25) is 0 Å². The molecular formula is C20H28O4. The lowest BCUT2D eigenvalue weighted by molar-refractivity contribution is -0.157. The van der Waals surface area contributed by atoms with Crippen molar-refractivity contribution in [2.45, 2.75) is 58.7 Å². The van der Waals surface area contributed by atoms with E-state index in [4.69, 9.17) is 9.47 Å². The van der Waals surface area contributed by atoms with Crippen LogP contribution in [0.1, 0.15) is 52.0 Å². The van der Waals surface area contributed by atoms with Gasteiger partial charge in [-0.05, 0) is 45.6 Å². The number of ketones is 1. The number of hydrogen-bond acceptors (Lipinski definition) is 4. The summed E-state index contributed by atoms with van der Waals surface area (Å²) in [6, 6.07) is 10.0. The predicted molar refractivity (Wildman–Crippen MR) is 92.4 cm³/mol. The van der Waals surface area contributed by atoms with Crippen molar-refractivity contribution in [1.82, 2.24) is 0 Å². The van der Waals surface area contributed by atoms with E-state index in [9.17, 15) is 9.59 Å². The normalized spacial score (nSPS) is 19.8. The molecule has 0 unspecified atom stereocenters. The van der Waals surface area contributed by atoms with Crippen LogP contribution < -0.4 is 0 Å². The van der Waals surface area contributed by atoms with Gasteiger partial charge in [0.05, 0.1) is 12.5 Å². The van der Waals surface area contributed by atoms with Crippen LogP contribution in [0.15, 0.2) is 30.3 Å². The lowest BCUT2D eigenvalue weighted by Gasteiger charge is -2.19. The second-order valence-electron chi connectivity index (χ2n) is 7.44. The maximum atomic E-state index is 12.1. The first-order valence-corrected chi connectivity index (χ1v) is 8.74. The molecule has 1 aromatic rings. The van der Waals surface area contributed by atoms with Crippen LogP contribution in [0.25, 0.3) is 0 Å². The second-order valence-corrected chi connectivity index (χ2v) is 7.44. The summed E-state index contributed by atoms with van der Waals surface area (Å²) in [5, 5.41) is 0. The molecule has 2 atom stereocenters. The fourth-order valence-corrected chi connectivity index (χ4v) is 2.64. The van der Waals surface area contributed by atoms with Gasteiger partial charge in [-0.3, -0.25) is 9.59 Å². The summed E-state index contributed by atoms with van der Waals surface area (Å²) in [7, 11) is 0. The average Bonchev–Trinajstić information content (AvgIpc) is 3.30. The van der Waals surface area contributed by atoms with Crippen molar-refractivity contribution in [3.8, 4) is 0 Å². The highest BCUT2D eigenvalue weighted by molar-refractivity contribution is 5.91. The van der Waals surface area contributed by atoms with Gasteiger partial charge in [-0.2, -0.15) is 0 Å². The van der Waals surface area contributed by atoms with E-state index in [0.717, 1.165) is 18.4 Å². The summed E-state index contributed by atoms with van der Waals surface area (Å²) in [6.45, 7) is 6.80. The number of carbonyl (C=O) groups excluding carboxylic acids is 2. The molecule has 4 heteroatoms. The lowest BCUT2D eigenvalue weighted by atomic mass is 10.1. The van der Waals surface area contributed by atoms with E-state index in [1.165, 1.54) is 0 Å². The number of rotatable bonds is 9. The Hall–Kier alpha value is -1.68. The topological polar surface area (TPSA) is 52.6 Å². The van der Waals surface area contributed by atoms with Gasteiger partial charge in [0.1, 0.15) is 11.4 Å². The van der Waals surface area contributed by atoms with Gasteiger partial charge in [-0.15, -0.1) is 0 Å². The Bertz CT molecular complexity index is 545. The van der Waals surface area contributed by atoms with Gasteiger partial charge < -0.3 is 9.47 Å². The highest BCUT2D eigenvalue weighted by Crippen LogP contribution is 2.42. The van der Waals surface area contributed by atoms with Crippen LogP contribution in [-0.2, 0) is 25.7 Å². The Labute approximate surface area is 144 Å². The highest BCUT2D eigenvalue weighted by Gasteiger charge is 2.49. The SMILES string of the molecule is CC(C)(C)OC(=O)[C@@H]1C[C@H]1C(=O)CCCCOCc1ccccc1. The predicted octanol–water partition coefficient (Wildman–Crippen LogP) is 3.92. The van der Waals surface area contributed by atoms with E-state index in [1.54, 1.807) is 0 Å². The standard InChI is InChI=1S/C20H28O4/c1-20(2,3)24-19(22)17-13-16(17)18(21)11-7-8-12-23-14-15-9-5-4-6-10-15/h4-6,9-10,16-17H,7-8,11-14H2,1-3H3/t16-,17-/m1/s1. The van der Waals surface area contributed by atoms with E-state index in [2.05, 4.69) is 0 Å². The maximum Gasteiger partial charge on any atom is 0.310 e. The molecule has 0 heterocycles. The molecule has 1 fully saturated rings. The smallest absolute Gasteiger partial charge is 0.310 e. The summed E-state index contributed by atoms with van der Waals surface area (Å²) >= 11 is 0. The van der Waals surface area contributed by atoms with Crippen LogP contribution in [-0.4, -0.2) is 24.0 Å². The summed E-state index contributed by atoms with van der Waals surface area (Å²) in [5.41, 5.74) is 0.676. The van der Waals surface area contributed by atoms with Gasteiger partial charge in [-0.1, -0.05) is 30.3 Å². The van der Waals surface area contributed by atoms with Crippen molar-refractivity contribution in [2.75, 3.05) is 6.61 Å². The van der Waals surface area contributed by atoms with Gasteiger partial charge in [0, 0.05) is 18.9 Å². The summed E-state index contributed by atoms with van der Waals surface area (Å²) in [4.78, 5) is 24.0. The van der Waals surface area contributed by atoms with Crippen LogP contribution >= 0.6 is 0 Å². The van der Waals surface area contributed by atoms with Crippen LogP contribution in [0, 0.1) is 11.8 Å². The molecule has 1 aliphatic carbocycles. The Morgan fingerprint density at radius 2 is 1.79 bits per heavy atom. The first-order valence-electron chi connectivity index (χ1n) is 8.74. The number of ether oxygens (including phenoxy) is 2. The molecular weight excluding hydrogens is 304 g/mol. The molecule has 2 rings (SSSR count). The molecule has 1 saturated carbocycles.